The minimum absolute atomic E-state index is 0.0299. The predicted molar refractivity (Wildman–Crippen MR) is 78.3 cm³/mol. The normalized spacial score (nSPS) is 19.8. The predicted octanol–water partition coefficient (Wildman–Crippen LogP) is 3.29. The number of carbonyl (C=O) groups is 1. The van der Waals surface area contributed by atoms with E-state index in [1.54, 1.807) is 4.90 Å². The van der Waals surface area contributed by atoms with Gasteiger partial charge in [-0.25, -0.2) is 4.39 Å². The van der Waals surface area contributed by atoms with Gasteiger partial charge in [-0.3, -0.25) is 4.79 Å². The third-order valence-corrected chi connectivity index (χ3v) is 4.50. The van der Waals surface area contributed by atoms with Crippen LogP contribution in [0.1, 0.15) is 24.8 Å². The molecule has 1 saturated heterocycles. The molecule has 0 unspecified atom stereocenters. The standard InChI is InChI=1S/C15H17BrFNO2/c16-12-8-11-2-1-5-18(14(11)13(17)9-12)15(19)10-3-6-20-7-4-10/h8-10H,1-7H2. The molecule has 0 radical (unpaired) electrons. The number of halogens is 2. The first-order valence-electron chi connectivity index (χ1n) is 7.04. The van der Waals surface area contributed by atoms with Crippen molar-refractivity contribution in [3.8, 4) is 0 Å². The molecule has 2 aliphatic rings. The molecule has 1 amide bonds. The molecule has 2 heterocycles. The maximum absolute atomic E-state index is 14.3. The highest BCUT2D eigenvalue weighted by Gasteiger charge is 2.31. The maximum atomic E-state index is 14.3. The van der Waals surface area contributed by atoms with Crippen LogP contribution in [0.15, 0.2) is 16.6 Å². The van der Waals surface area contributed by atoms with E-state index in [0.717, 1.165) is 35.7 Å². The summed E-state index contributed by atoms with van der Waals surface area (Å²) in [6, 6.07) is 3.36. The Balaban J connectivity index is 1.91. The highest BCUT2D eigenvalue weighted by Crippen LogP contribution is 2.34. The van der Waals surface area contributed by atoms with Crippen molar-refractivity contribution in [3.63, 3.8) is 0 Å². The minimum atomic E-state index is -0.311. The zero-order valence-corrected chi connectivity index (χ0v) is 12.8. The second-order valence-corrected chi connectivity index (χ2v) is 6.29. The lowest BCUT2D eigenvalue weighted by Gasteiger charge is -2.34. The maximum Gasteiger partial charge on any atom is 0.230 e. The van der Waals surface area contributed by atoms with Crippen LogP contribution in [0.3, 0.4) is 0 Å². The summed E-state index contributed by atoms with van der Waals surface area (Å²) in [6.07, 6.45) is 3.19. The monoisotopic (exact) mass is 341 g/mol. The molecule has 0 atom stereocenters. The van der Waals surface area contributed by atoms with Crippen LogP contribution in [0.2, 0.25) is 0 Å². The number of fused-ring (bicyclic) bond motifs is 1. The van der Waals surface area contributed by atoms with E-state index in [0.29, 0.717) is 25.4 Å². The number of anilines is 1. The van der Waals surface area contributed by atoms with Gasteiger partial charge in [-0.15, -0.1) is 0 Å². The minimum Gasteiger partial charge on any atom is -0.381 e. The van der Waals surface area contributed by atoms with Crippen molar-refractivity contribution in [1.29, 1.82) is 0 Å². The van der Waals surface area contributed by atoms with Crippen molar-refractivity contribution in [1.82, 2.24) is 0 Å². The van der Waals surface area contributed by atoms with Crippen molar-refractivity contribution >= 4 is 27.5 Å². The number of rotatable bonds is 1. The average Bonchev–Trinajstić information content (AvgIpc) is 2.46. The van der Waals surface area contributed by atoms with E-state index in [-0.39, 0.29) is 17.6 Å². The van der Waals surface area contributed by atoms with Gasteiger partial charge in [0.2, 0.25) is 5.91 Å². The van der Waals surface area contributed by atoms with Crippen LogP contribution < -0.4 is 4.90 Å². The third kappa shape index (κ3) is 2.61. The number of nitrogens with zero attached hydrogens (tertiary/aromatic N) is 1. The van der Waals surface area contributed by atoms with E-state index < -0.39 is 0 Å². The van der Waals surface area contributed by atoms with Crippen LogP contribution in [-0.4, -0.2) is 25.7 Å². The van der Waals surface area contributed by atoms with Gasteiger partial charge in [-0.05, 0) is 43.4 Å². The Morgan fingerprint density at radius 3 is 2.85 bits per heavy atom. The Morgan fingerprint density at radius 1 is 1.35 bits per heavy atom. The van der Waals surface area contributed by atoms with E-state index in [2.05, 4.69) is 15.9 Å². The van der Waals surface area contributed by atoms with Crippen LogP contribution in [0.4, 0.5) is 10.1 Å². The Bertz CT molecular complexity index is 529. The molecule has 20 heavy (non-hydrogen) atoms. The summed E-state index contributed by atoms with van der Waals surface area (Å²) >= 11 is 3.31. The first-order chi connectivity index (χ1) is 9.66. The lowest BCUT2D eigenvalue weighted by molar-refractivity contribution is -0.125. The summed E-state index contributed by atoms with van der Waals surface area (Å²) in [5, 5.41) is 0. The number of hydrogen-bond donors (Lipinski definition) is 0. The summed E-state index contributed by atoms with van der Waals surface area (Å²) in [5.41, 5.74) is 1.40. The van der Waals surface area contributed by atoms with Crippen LogP contribution >= 0.6 is 15.9 Å². The largest absolute Gasteiger partial charge is 0.381 e. The molecule has 5 heteroatoms. The number of benzene rings is 1. The lowest BCUT2D eigenvalue weighted by atomic mass is 9.95. The van der Waals surface area contributed by atoms with Crippen LogP contribution in [0.25, 0.3) is 0 Å². The van der Waals surface area contributed by atoms with Crippen molar-refractivity contribution < 1.29 is 13.9 Å². The van der Waals surface area contributed by atoms with Crippen molar-refractivity contribution in [2.24, 2.45) is 5.92 Å². The van der Waals surface area contributed by atoms with Gasteiger partial charge < -0.3 is 9.64 Å². The molecule has 108 valence electrons. The van der Waals surface area contributed by atoms with Crippen molar-refractivity contribution in [2.45, 2.75) is 25.7 Å². The number of ether oxygens (including phenoxy) is 1. The van der Waals surface area contributed by atoms with Gasteiger partial charge in [0.1, 0.15) is 5.82 Å². The third-order valence-electron chi connectivity index (χ3n) is 4.04. The van der Waals surface area contributed by atoms with E-state index in [1.807, 2.05) is 6.07 Å². The molecule has 1 aromatic carbocycles. The molecular formula is C15H17BrFNO2. The summed E-state index contributed by atoms with van der Waals surface area (Å²) in [4.78, 5) is 14.3. The average molecular weight is 342 g/mol. The zero-order valence-electron chi connectivity index (χ0n) is 11.2. The topological polar surface area (TPSA) is 29.5 Å². The first-order valence-corrected chi connectivity index (χ1v) is 7.83. The van der Waals surface area contributed by atoms with E-state index >= 15 is 0 Å². The number of amides is 1. The van der Waals surface area contributed by atoms with Gasteiger partial charge in [-0.1, -0.05) is 15.9 Å². The fourth-order valence-corrected chi connectivity index (χ4v) is 3.51. The zero-order chi connectivity index (χ0) is 14.1. The molecule has 0 N–H and O–H groups in total. The van der Waals surface area contributed by atoms with Crippen molar-refractivity contribution in [2.75, 3.05) is 24.7 Å². The van der Waals surface area contributed by atoms with Gasteiger partial charge in [0.15, 0.2) is 0 Å². The van der Waals surface area contributed by atoms with Gasteiger partial charge in [-0.2, -0.15) is 0 Å². The molecule has 0 spiro atoms. The molecule has 3 nitrogen and oxygen atoms in total. The Hall–Kier alpha value is -0.940. The highest BCUT2D eigenvalue weighted by molar-refractivity contribution is 9.10. The second kappa shape index (κ2) is 5.82. The molecule has 0 saturated carbocycles. The quantitative estimate of drug-likeness (QED) is 0.784. The second-order valence-electron chi connectivity index (χ2n) is 5.38. The summed E-state index contributed by atoms with van der Waals surface area (Å²) < 4.78 is 20.3. The van der Waals surface area contributed by atoms with Gasteiger partial charge in [0.05, 0.1) is 5.69 Å². The fourth-order valence-electron chi connectivity index (χ4n) is 3.04. The Kier molecular flexibility index (Phi) is 4.08. The summed E-state index contributed by atoms with van der Waals surface area (Å²) in [5.74, 6) is -0.289. The van der Waals surface area contributed by atoms with Gasteiger partial charge in [0, 0.05) is 30.1 Å². The molecule has 0 aliphatic carbocycles. The number of hydrogen-bond acceptors (Lipinski definition) is 2. The highest BCUT2D eigenvalue weighted by atomic mass is 79.9. The Labute approximate surface area is 126 Å². The summed E-state index contributed by atoms with van der Waals surface area (Å²) in [7, 11) is 0. The molecular weight excluding hydrogens is 325 g/mol. The molecule has 1 aromatic rings. The molecule has 1 fully saturated rings. The van der Waals surface area contributed by atoms with E-state index in [1.165, 1.54) is 6.07 Å². The Morgan fingerprint density at radius 2 is 2.10 bits per heavy atom. The molecule has 2 aliphatic heterocycles. The van der Waals surface area contributed by atoms with Crippen molar-refractivity contribution in [3.05, 3.63) is 28.0 Å². The number of aryl methyl sites for hydroxylation is 1. The lowest BCUT2D eigenvalue weighted by Crippen LogP contribution is -2.42. The summed E-state index contributed by atoms with van der Waals surface area (Å²) in [6.45, 7) is 1.86. The molecule has 3 rings (SSSR count). The molecule has 0 aromatic heterocycles. The van der Waals surface area contributed by atoms with Crippen LogP contribution in [-0.2, 0) is 16.0 Å². The van der Waals surface area contributed by atoms with E-state index in [9.17, 15) is 9.18 Å². The smallest absolute Gasteiger partial charge is 0.230 e. The fraction of sp³-hybridized carbons (Fsp3) is 0.533. The van der Waals surface area contributed by atoms with Crippen LogP contribution in [0.5, 0.6) is 0 Å². The molecule has 0 bridgehead atoms. The SMILES string of the molecule is O=C(C1CCOCC1)N1CCCc2cc(Br)cc(F)c21. The van der Waals surface area contributed by atoms with E-state index in [4.69, 9.17) is 4.74 Å². The first kappa shape index (κ1) is 14.0. The van der Waals surface area contributed by atoms with Crippen LogP contribution in [0, 0.1) is 11.7 Å². The number of carbonyl (C=O) groups excluding carboxylic acids is 1. The van der Waals surface area contributed by atoms with Gasteiger partial charge in [0.25, 0.3) is 0 Å². The van der Waals surface area contributed by atoms with Gasteiger partial charge >= 0.3 is 0 Å².